The maximum atomic E-state index is 8.15. The lowest BCUT2D eigenvalue weighted by Crippen LogP contribution is -1.97. The smallest absolute Gasteiger partial charge is 0.241 e. The Morgan fingerprint density at radius 3 is 2.18 bits per heavy atom. The fraction of sp³-hybridized carbons (Fsp3) is 0. The van der Waals surface area contributed by atoms with Crippen LogP contribution in [0.1, 0.15) is 0 Å². The third-order valence-corrected chi connectivity index (χ3v) is 1.09. The summed E-state index contributed by atoms with van der Waals surface area (Å²) < 4.78 is 0. The van der Waals surface area contributed by atoms with Crippen LogP contribution in [0.15, 0.2) is 0 Å². The van der Waals surface area contributed by atoms with Gasteiger partial charge >= 0.3 is 0 Å². The first-order chi connectivity index (χ1) is 5.22. The van der Waals surface area contributed by atoms with E-state index in [0.717, 1.165) is 0 Å². The quantitative estimate of drug-likeness (QED) is 0.529. The van der Waals surface area contributed by atoms with Gasteiger partial charge in [0.15, 0.2) is 6.19 Å². The Labute approximate surface area is 72.0 Å². The standard InChI is InChI=1S/C4HCl2N5/c5-2-9-3(6)11-4(10-2)8-1-7/h(H,8,9,10,11). The van der Waals surface area contributed by atoms with Crippen LogP contribution >= 0.6 is 23.2 Å². The largest absolute Gasteiger partial charge is 0.261 e. The van der Waals surface area contributed by atoms with Gasteiger partial charge in [-0.15, -0.1) is 0 Å². The molecule has 0 unspecified atom stereocenters. The van der Waals surface area contributed by atoms with Crippen LogP contribution in [0.3, 0.4) is 0 Å². The number of nitriles is 1. The summed E-state index contributed by atoms with van der Waals surface area (Å²) in [6, 6.07) is 0. The molecule has 7 heteroatoms. The Morgan fingerprint density at radius 1 is 1.18 bits per heavy atom. The molecule has 5 nitrogen and oxygen atoms in total. The minimum Gasteiger partial charge on any atom is -0.261 e. The van der Waals surface area contributed by atoms with Crippen LogP contribution in [-0.4, -0.2) is 15.0 Å². The van der Waals surface area contributed by atoms with Crippen molar-refractivity contribution in [2.24, 2.45) is 0 Å². The summed E-state index contributed by atoms with van der Waals surface area (Å²) in [6.45, 7) is 0. The van der Waals surface area contributed by atoms with Gasteiger partial charge in [-0.1, -0.05) is 0 Å². The number of nitrogens with one attached hydrogen (secondary N) is 1. The molecule has 0 saturated heterocycles. The highest BCUT2D eigenvalue weighted by molar-refractivity contribution is 6.31. The first-order valence-corrected chi connectivity index (χ1v) is 3.20. The highest BCUT2D eigenvalue weighted by Gasteiger charge is 2.00. The Kier molecular flexibility index (Phi) is 2.41. The van der Waals surface area contributed by atoms with Crippen molar-refractivity contribution in [2.75, 3.05) is 5.32 Å². The molecule has 0 aromatic carbocycles. The lowest BCUT2D eigenvalue weighted by atomic mass is 10.9. The molecule has 0 atom stereocenters. The average molecular weight is 190 g/mol. The molecule has 56 valence electrons. The Bertz CT molecular complexity index is 286. The fourth-order valence-corrected chi connectivity index (χ4v) is 0.795. The number of hydrogen-bond acceptors (Lipinski definition) is 5. The summed E-state index contributed by atoms with van der Waals surface area (Å²) in [7, 11) is 0. The predicted molar refractivity (Wildman–Crippen MR) is 39.1 cm³/mol. The van der Waals surface area contributed by atoms with Crippen LogP contribution in [0.5, 0.6) is 0 Å². The van der Waals surface area contributed by atoms with Gasteiger partial charge in [-0.05, 0) is 23.2 Å². The van der Waals surface area contributed by atoms with Crippen molar-refractivity contribution in [1.82, 2.24) is 15.0 Å². The van der Waals surface area contributed by atoms with E-state index in [1.807, 2.05) is 0 Å². The van der Waals surface area contributed by atoms with Crippen LogP contribution in [-0.2, 0) is 0 Å². The van der Waals surface area contributed by atoms with Crippen molar-refractivity contribution in [2.45, 2.75) is 0 Å². The zero-order valence-electron chi connectivity index (χ0n) is 5.04. The van der Waals surface area contributed by atoms with E-state index in [4.69, 9.17) is 28.5 Å². The summed E-state index contributed by atoms with van der Waals surface area (Å²) in [5, 5.41) is 10.2. The number of rotatable bonds is 1. The van der Waals surface area contributed by atoms with E-state index in [1.165, 1.54) is 0 Å². The minimum absolute atomic E-state index is 0.0394. The van der Waals surface area contributed by atoms with Crippen molar-refractivity contribution in [3.63, 3.8) is 0 Å². The van der Waals surface area contributed by atoms with E-state index in [1.54, 1.807) is 6.19 Å². The SMILES string of the molecule is N#CNc1nc(Cl)nc(Cl)n1. The second-order valence-corrected chi connectivity index (χ2v) is 2.11. The molecule has 0 amide bonds. The minimum atomic E-state index is -0.0530. The van der Waals surface area contributed by atoms with Crippen molar-refractivity contribution in [3.8, 4) is 6.19 Å². The highest BCUT2D eigenvalue weighted by Crippen LogP contribution is 2.08. The zero-order chi connectivity index (χ0) is 8.27. The van der Waals surface area contributed by atoms with Gasteiger partial charge in [0.25, 0.3) is 0 Å². The average Bonchev–Trinajstić information content (AvgIpc) is 1.85. The number of anilines is 1. The molecule has 0 radical (unpaired) electrons. The van der Waals surface area contributed by atoms with E-state index >= 15 is 0 Å². The molecule has 11 heavy (non-hydrogen) atoms. The molecule has 1 aromatic heterocycles. The van der Waals surface area contributed by atoms with Crippen LogP contribution < -0.4 is 5.32 Å². The van der Waals surface area contributed by atoms with Gasteiger partial charge in [-0.2, -0.15) is 20.2 Å². The molecule has 0 saturated carbocycles. The molecule has 1 rings (SSSR count). The van der Waals surface area contributed by atoms with Crippen LogP contribution in [0.4, 0.5) is 5.95 Å². The Balaban J connectivity index is 3.01. The van der Waals surface area contributed by atoms with Gasteiger partial charge in [0.1, 0.15) is 0 Å². The number of nitrogens with zero attached hydrogens (tertiary/aromatic N) is 4. The topological polar surface area (TPSA) is 74.5 Å². The Hall–Kier alpha value is -1.12. The third kappa shape index (κ3) is 2.18. The third-order valence-electron chi connectivity index (χ3n) is 0.749. The van der Waals surface area contributed by atoms with Crippen molar-refractivity contribution in [3.05, 3.63) is 10.6 Å². The van der Waals surface area contributed by atoms with Crippen LogP contribution in [0.25, 0.3) is 0 Å². The lowest BCUT2D eigenvalue weighted by molar-refractivity contribution is 1.05. The zero-order valence-corrected chi connectivity index (χ0v) is 6.56. The highest BCUT2D eigenvalue weighted by atomic mass is 35.5. The van der Waals surface area contributed by atoms with E-state index in [-0.39, 0.29) is 16.5 Å². The van der Waals surface area contributed by atoms with Crippen LogP contribution in [0.2, 0.25) is 10.6 Å². The van der Waals surface area contributed by atoms with Gasteiger partial charge in [0.2, 0.25) is 16.5 Å². The molecule has 0 aliphatic carbocycles. The van der Waals surface area contributed by atoms with E-state index in [9.17, 15) is 0 Å². The number of aromatic nitrogens is 3. The maximum Gasteiger partial charge on any atom is 0.241 e. The lowest BCUT2D eigenvalue weighted by Gasteiger charge is -1.94. The van der Waals surface area contributed by atoms with E-state index in [2.05, 4.69) is 20.3 Å². The van der Waals surface area contributed by atoms with Crippen LogP contribution in [0, 0.1) is 11.5 Å². The molecular weight excluding hydrogens is 189 g/mol. The van der Waals surface area contributed by atoms with Gasteiger partial charge in [-0.25, -0.2) is 0 Å². The molecular formula is C4HCl2N5. The normalized spacial score (nSPS) is 8.82. The molecule has 0 bridgehead atoms. The summed E-state index contributed by atoms with van der Waals surface area (Å²) in [4.78, 5) is 10.6. The Morgan fingerprint density at radius 2 is 1.73 bits per heavy atom. The van der Waals surface area contributed by atoms with Gasteiger partial charge in [0.05, 0.1) is 0 Å². The predicted octanol–water partition coefficient (Wildman–Crippen LogP) is 1.07. The van der Waals surface area contributed by atoms with Crippen molar-refractivity contribution >= 4 is 29.2 Å². The molecule has 0 fully saturated rings. The summed E-state index contributed by atoms with van der Waals surface area (Å²) in [6.07, 6.45) is 1.62. The molecule has 1 N–H and O–H groups in total. The number of halogens is 2. The van der Waals surface area contributed by atoms with Crippen molar-refractivity contribution in [1.29, 1.82) is 5.26 Å². The van der Waals surface area contributed by atoms with E-state index in [0.29, 0.717) is 0 Å². The van der Waals surface area contributed by atoms with Gasteiger partial charge in [-0.3, -0.25) is 5.32 Å². The van der Waals surface area contributed by atoms with E-state index < -0.39 is 0 Å². The molecule has 0 aliphatic heterocycles. The summed E-state index contributed by atoms with van der Waals surface area (Å²) in [5.74, 6) is 0.0394. The van der Waals surface area contributed by atoms with Gasteiger partial charge < -0.3 is 0 Å². The van der Waals surface area contributed by atoms with Gasteiger partial charge in [0, 0.05) is 0 Å². The number of hydrogen-bond donors (Lipinski definition) is 1. The fourth-order valence-electron chi connectivity index (χ4n) is 0.432. The first-order valence-electron chi connectivity index (χ1n) is 2.44. The molecule has 1 aromatic rings. The van der Waals surface area contributed by atoms with Crippen molar-refractivity contribution < 1.29 is 0 Å². The monoisotopic (exact) mass is 189 g/mol. The second kappa shape index (κ2) is 3.32. The first kappa shape index (κ1) is 7.98. The molecule has 0 aliphatic rings. The molecule has 0 spiro atoms. The maximum absolute atomic E-state index is 8.15. The second-order valence-electron chi connectivity index (χ2n) is 1.43. The summed E-state index contributed by atoms with van der Waals surface area (Å²) in [5.41, 5.74) is 0. The molecule has 1 heterocycles. The summed E-state index contributed by atoms with van der Waals surface area (Å²) >= 11 is 10.8.